The lowest BCUT2D eigenvalue weighted by molar-refractivity contribution is -0.255. The number of nitrogens with zero attached hydrogens (tertiary/aromatic N) is 2. The predicted molar refractivity (Wildman–Crippen MR) is 67.4 cm³/mol. The van der Waals surface area contributed by atoms with Gasteiger partial charge >= 0.3 is 10.2 Å². The lowest BCUT2D eigenvalue weighted by Gasteiger charge is -2.10. The fourth-order valence-corrected chi connectivity index (χ4v) is 2.44. The van der Waals surface area contributed by atoms with Crippen LogP contribution in [0.2, 0.25) is 0 Å². The molecule has 0 fully saturated rings. The number of nitriles is 1. The molecule has 20 heavy (non-hydrogen) atoms. The fourth-order valence-electron chi connectivity index (χ4n) is 1.78. The molecule has 0 bridgehead atoms. The van der Waals surface area contributed by atoms with Crippen LogP contribution in [0, 0.1) is 11.3 Å². The van der Waals surface area contributed by atoms with Gasteiger partial charge in [0.15, 0.2) is 0 Å². The van der Waals surface area contributed by atoms with E-state index in [1.54, 1.807) is 0 Å². The first kappa shape index (κ1) is 13.8. The molecule has 0 aliphatic heterocycles. The van der Waals surface area contributed by atoms with E-state index in [1.165, 1.54) is 30.3 Å². The summed E-state index contributed by atoms with van der Waals surface area (Å²) in [5.41, 5.74) is 0.418. The van der Waals surface area contributed by atoms with Gasteiger partial charge in [0.25, 0.3) is 0 Å². The van der Waals surface area contributed by atoms with E-state index in [9.17, 15) is 18.3 Å². The van der Waals surface area contributed by atoms with Crippen molar-refractivity contribution in [2.75, 3.05) is 0 Å². The highest BCUT2D eigenvalue weighted by atomic mass is 32.2. The number of carboxylic acids is 1. The van der Waals surface area contributed by atoms with Crippen LogP contribution in [0.25, 0.3) is 11.1 Å². The summed E-state index contributed by atoms with van der Waals surface area (Å²) in [5, 5.41) is 24.8. The van der Waals surface area contributed by atoms with Crippen molar-refractivity contribution in [1.82, 2.24) is 3.97 Å². The number of aromatic nitrogens is 1. The van der Waals surface area contributed by atoms with Gasteiger partial charge in [0.1, 0.15) is 0 Å². The van der Waals surface area contributed by atoms with Crippen molar-refractivity contribution in [3.63, 3.8) is 0 Å². The van der Waals surface area contributed by atoms with Crippen LogP contribution in [0.15, 0.2) is 36.5 Å². The summed E-state index contributed by atoms with van der Waals surface area (Å²) in [7, 11) is -4.23. The van der Waals surface area contributed by atoms with Gasteiger partial charge in [0.05, 0.1) is 23.3 Å². The summed E-state index contributed by atoms with van der Waals surface area (Å²) in [6, 6.07) is 9.22. The van der Waals surface area contributed by atoms with Crippen LogP contribution < -0.4 is 10.2 Å². The van der Waals surface area contributed by atoms with Crippen LogP contribution in [0.5, 0.6) is 0 Å². The summed E-state index contributed by atoms with van der Waals surface area (Å²) in [6.45, 7) is 0. The molecule has 102 valence electrons. The Morgan fingerprint density at radius 3 is 2.30 bits per heavy atom. The molecule has 1 aromatic heterocycles. The molecule has 1 heterocycles. The van der Waals surface area contributed by atoms with Gasteiger partial charge in [-0.2, -0.15) is 13.7 Å². The van der Waals surface area contributed by atoms with Crippen LogP contribution in [-0.4, -0.2) is 18.4 Å². The summed E-state index contributed by atoms with van der Waals surface area (Å²) in [4.78, 5) is 11.1. The minimum atomic E-state index is -4.23. The van der Waals surface area contributed by atoms with Gasteiger partial charge in [0, 0.05) is 11.8 Å². The third-order valence-corrected chi connectivity index (χ3v) is 3.50. The first-order valence-corrected chi connectivity index (χ1v) is 6.81. The Labute approximate surface area is 114 Å². The van der Waals surface area contributed by atoms with Crippen molar-refractivity contribution in [3.8, 4) is 17.2 Å². The lowest BCUT2D eigenvalue weighted by atomic mass is 10.0. The second kappa shape index (κ2) is 4.80. The second-order valence-electron chi connectivity index (χ2n) is 3.90. The van der Waals surface area contributed by atoms with Crippen LogP contribution in [0.4, 0.5) is 0 Å². The number of nitrogens with two attached hydrogens (primary N) is 1. The summed E-state index contributed by atoms with van der Waals surface area (Å²) < 4.78 is 23.1. The van der Waals surface area contributed by atoms with Crippen LogP contribution in [0.1, 0.15) is 16.1 Å². The molecule has 0 saturated carbocycles. The lowest BCUT2D eigenvalue weighted by Crippen LogP contribution is -2.31. The van der Waals surface area contributed by atoms with E-state index in [0.29, 0.717) is 15.1 Å². The van der Waals surface area contributed by atoms with E-state index in [0.717, 1.165) is 6.20 Å². The number of hydrogen-bond donors (Lipinski definition) is 1. The number of rotatable bonds is 3. The number of aromatic carboxylic acids is 1. The smallest absolute Gasteiger partial charge is 0.302 e. The molecule has 0 atom stereocenters. The van der Waals surface area contributed by atoms with E-state index in [4.69, 9.17) is 10.4 Å². The third-order valence-electron chi connectivity index (χ3n) is 2.64. The van der Waals surface area contributed by atoms with E-state index in [-0.39, 0.29) is 5.56 Å². The minimum Gasteiger partial charge on any atom is -0.543 e. The fraction of sp³-hybridized carbons (Fsp3) is 0. The van der Waals surface area contributed by atoms with E-state index >= 15 is 0 Å². The number of carbonyl (C=O) groups is 1. The summed E-state index contributed by atoms with van der Waals surface area (Å²) in [5.74, 6) is -1.66. The predicted octanol–water partition coefficient (Wildman–Crippen LogP) is -0.558. The Hall–Kier alpha value is -2.63. The van der Waals surface area contributed by atoms with Crippen molar-refractivity contribution < 1.29 is 18.3 Å². The zero-order valence-electron chi connectivity index (χ0n) is 9.98. The highest BCUT2D eigenvalue weighted by molar-refractivity contribution is 7.87. The molecule has 8 heteroatoms. The van der Waals surface area contributed by atoms with Gasteiger partial charge in [-0.05, 0) is 23.8 Å². The minimum absolute atomic E-state index is 0.142. The number of hydrogen-bond acceptors (Lipinski definition) is 5. The van der Waals surface area contributed by atoms with Crippen molar-refractivity contribution >= 4 is 16.2 Å². The average Bonchev–Trinajstić information content (AvgIpc) is 2.83. The SMILES string of the molecule is N#Cc1ccc(-c2ccn(S(N)(=O)=O)c2C(=O)[O-])cc1. The van der Waals surface area contributed by atoms with Gasteiger partial charge < -0.3 is 9.90 Å². The van der Waals surface area contributed by atoms with Crippen molar-refractivity contribution in [1.29, 1.82) is 5.26 Å². The largest absolute Gasteiger partial charge is 0.543 e. The van der Waals surface area contributed by atoms with Gasteiger partial charge in [-0.15, -0.1) is 0 Å². The van der Waals surface area contributed by atoms with Crippen molar-refractivity contribution in [3.05, 3.63) is 47.8 Å². The molecule has 0 saturated heterocycles. The molecule has 2 rings (SSSR count). The Kier molecular flexibility index (Phi) is 3.31. The zero-order chi connectivity index (χ0) is 14.9. The topological polar surface area (TPSA) is 129 Å². The number of carboxylic acid groups (broad SMARTS) is 1. The van der Waals surface area contributed by atoms with Crippen molar-refractivity contribution in [2.24, 2.45) is 5.14 Å². The molecule has 2 N–H and O–H groups in total. The Morgan fingerprint density at radius 1 is 1.25 bits per heavy atom. The maximum Gasteiger partial charge on any atom is 0.302 e. The molecule has 0 radical (unpaired) electrons. The quantitative estimate of drug-likeness (QED) is 0.810. The van der Waals surface area contributed by atoms with Gasteiger partial charge in [-0.3, -0.25) is 0 Å². The molecule has 1 aromatic carbocycles. The van der Waals surface area contributed by atoms with E-state index in [1.807, 2.05) is 6.07 Å². The molecule has 0 spiro atoms. The first-order chi connectivity index (χ1) is 9.34. The Bertz CT molecular complexity index is 813. The molecule has 7 nitrogen and oxygen atoms in total. The Balaban J connectivity index is 2.66. The van der Waals surface area contributed by atoms with Crippen LogP contribution in [0.3, 0.4) is 0 Å². The monoisotopic (exact) mass is 290 g/mol. The van der Waals surface area contributed by atoms with Crippen LogP contribution >= 0.6 is 0 Å². The summed E-state index contributed by atoms with van der Waals surface area (Å²) >= 11 is 0. The Morgan fingerprint density at radius 2 is 1.85 bits per heavy atom. The van der Waals surface area contributed by atoms with E-state index < -0.39 is 21.9 Å². The van der Waals surface area contributed by atoms with Crippen LogP contribution in [-0.2, 0) is 10.2 Å². The highest BCUT2D eigenvalue weighted by Crippen LogP contribution is 2.25. The average molecular weight is 290 g/mol. The van der Waals surface area contributed by atoms with Gasteiger partial charge in [-0.25, -0.2) is 9.11 Å². The molecule has 0 aliphatic carbocycles. The maximum atomic E-state index is 11.3. The summed E-state index contributed by atoms with van der Waals surface area (Å²) in [6.07, 6.45) is 1.04. The second-order valence-corrected chi connectivity index (χ2v) is 5.32. The highest BCUT2D eigenvalue weighted by Gasteiger charge is 2.18. The number of carbonyl (C=O) groups excluding carboxylic acids is 1. The molecule has 0 amide bonds. The van der Waals surface area contributed by atoms with Crippen molar-refractivity contribution in [2.45, 2.75) is 0 Å². The molecule has 0 aliphatic rings. The normalized spacial score (nSPS) is 11.0. The van der Waals surface area contributed by atoms with Gasteiger partial charge in [0.2, 0.25) is 0 Å². The third kappa shape index (κ3) is 2.40. The molecular weight excluding hydrogens is 282 g/mol. The maximum absolute atomic E-state index is 11.3. The molecule has 0 unspecified atom stereocenters. The first-order valence-electron chi connectivity index (χ1n) is 5.31. The van der Waals surface area contributed by atoms with Gasteiger partial charge in [-0.1, -0.05) is 12.1 Å². The van der Waals surface area contributed by atoms with E-state index in [2.05, 4.69) is 0 Å². The zero-order valence-corrected chi connectivity index (χ0v) is 10.8. The number of benzene rings is 1. The molecule has 2 aromatic rings. The standard InChI is InChI=1S/C12H9N3O4S/c13-7-8-1-3-9(4-2-8)10-5-6-15(20(14,18)19)11(10)12(16)17/h1-6H,(H,16,17)(H2,14,18,19)/p-1. The molecular formula is C12H8N3O4S-.